The number of hydrogen-bond acceptors (Lipinski definition) is 2. The molecule has 1 aliphatic rings. The van der Waals surface area contributed by atoms with Gasteiger partial charge in [-0.3, -0.25) is 9.59 Å². The van der Waals surface area contributed by atoms with Crippen molar-refractivity contribution in [2.24, 2.45) is 0 Å². The first-order valence-electron chi connectivity index (χ1n) is 6.69. The maximum absolute atomic E-state index is 13.4. The standard InChI is InChI=1S/C15H18FNO2/c16-14-7-4-3-6-12(14)10-13(18)11-17-9-5-1-2-8-15(17)19/h3-4,6-7H,1-2,5,8-11H2. The van der Waals surface area contributed by atoms with E-state index in [2.05, 4.69) is 0 Å². The van der Waals surface area contributed by atoms with E-state index in [-0.39, 0.29) is 30.5 Å². The lowest BCUT2D eigenvalue weighted by Gasteiger charge is -2.19. The Labute approximate surface area is 112 Å². The molecule has 1 fully saturated rings. The summed E-state index contributed by atoms with van der Waals surface area (Å²) in [5, 5.41) is 0. The van der Waals surface area contributed by atoms with Crippen molar-refractivity contribution < 1.29 is 14.0 Å². The summed E-state index contributed by atoms with van der Waals surface area (Å²) >= 11 is 0. The first-order valence-corrected chi connectivity index (χ1v) is 6.69. The molecule has 0 bridgehead atoms. The Bertz CT molecular complexity index is 473. The van der Waals surface area contributed by atoms with Crippen LogP contribution in [0, 0.1) is 5.82 Å². The van der Waals surface area contributed by atoms with E-state index >= 15 is 0 Å². The molecule has 0 aromatic heterocycles. The van der Waals surface area contributed by atoms with E-state index in [1.807, 2.05) is 0 Å². The highest BCUT2D eigenvalue weighted by Crippen LogP contribution is 2.12. The normalized spacial score (nSPS) is 16.3. The number of likely N-dealkylation sites (tertiary alicyclic amines) is 1. The quantitative estimate of drug-likeness (QED) is 0.836. The largest absolute Gasteiger partial charge is 0.335 e. The van der Waals surface area contributed by atoms with E-state index in [1.54, 1.807) is 23.1 Å². The van der Waals surface area contributed by atoms with Crippen LogP contribution in [0.4, 0.5) is 4.39 Å². The molecule has 0 aliphatic carbocycles. The molecule has 0 spiro atoms. The molecule has 0 unspecified atom stereocenters. The topological polar surface area (TPSA) is 37.4 Å². The van der Waals surface area contributed by atoms with Gasteiger partial charge < -0.3 is 4.90 Å². The summed E-state index contributed by atoms with van der Waals surface area (Å²) in [6.07, 6.45) is 3.45. The number of Topliss-reactive ketones (excluding diaryl/α,β-unsaturated/α-hetero) is 1. The minimum atomic E-state index is -0.363. The van der Waals surface area contributed by atoms with E-state index in [9.17, 15) is 14.0 Å². The van der Waals surface area contributed by atoms with Gasteiger partial charge in [0.05, 0.1) is 6.54 Å². The van der Waals surface area contributed by atoms with Crippen LogP contribution >= 0.6 is 0 Å². The van der Waals surface area contributed by atoms with Crippen LogP contribution in [-0.2, 0) is 16.0 Å². The molecule has 1 aliphatic heterocycles. The Balaban J connectivity index is 1.93. The van der Waals surface area contributed by atoms with Gasteiger partial charge in [-0.2, -0.15) is 0 Å². The second-order valence-corrected chi connectivity index (χ2v) is 4.93. The van der Waals surface area contributed by atoms with Crippen molar-refractivity contribution in [3.8, 4) is 0 Å². The summed E-state index contributed by atoms with van der Waals surface area (Å²) in [5.41, 5.74) is 0.398. The fraction of sp³-hybridized carbons (Fsp3) is 0.467. The van der Waals surface area contributed by atoms with Gasteiger partial charge in [0.2, 0.25) is 5.91 Å². The smallest absolute Gasteiger partial charge is 0.222 e. The van der Waals surface area contributed by atoms with Gasteiger partial charge >= 0.3 is 0 Å². The Morgan fingerprint density at radius 3 is 2.79 bits per heavy atom. The van der Waals surface area contributed by atoms with Crippen LogP contribution < -0.4 is 0 Å². The SMILES string of the molecule is O=C(Cc1ccccc1F)CN1CCCCCC1=O. The summed E-state index contributed by atoms with van der Waals surface area (Å²) in [4.78, 5) is 25.3. The molecule has 19 heavy (non-hydrogen) atoms. The first kappa shape index (κ1) is 13.7. The van der Waals surface area contributed by atoms with Crippen LogP contribution in [0.1, 0.15) is 31.2 Å². The minimum Gasteiger partial charge on any atom is -0.335 e. The van der Waals surface area contributed by atoms with Gasteiger partial charge in [0.15, 0.2) is 5.78 Å². The monoisotopic (exact) mass is 263 g/mol. The molecule has 2 rings (SSSR count). The molecule has 0 N–H and O–H groups in total. The molecule has 1 saturated heterocycles. The maximum atomic E-state index is 13.4. The van der Waals surface area contributed by atoms with Crippen LogP contribution in [0.15, 0.2) is 24.3 Å². The van der Waals surface area contributed by atoms with Crippen molar-refractivity contribution in [3.05, 3.63) is 35.6 Å². The molecular weight excluding hydrogens is 245 g/mol. The average molecular weight is 263 g/mol. The number of amides is 1. The lowest BCUT2D eigenvalue weighted by atomic mass is 10.1. The predicted octanol–water partition coefficient (Wildman–Crippen LogP) is 2.34. The lowest BCUT2D eigenvalue weighted by molar-refractivity contribution is -0.134. The lowest BCUT2D eigenvalue weighted by Crippen LogP contribution is -2.35. The Hall–Kier alpha value is -1.71. The number of rotatable bonds is 4. The van der Waals surface area contributed by atoms with E-state index < -0.39 is 0 Å². The van der Waals surface area contributed by atoms with E-state index in [0.29, 0.717) is 18.5 Å². The summed E-state index contributed by atoms with van der Waals surface area (Å²) in [7, 11) is 0. The van der Waals surface area contributed by atoms with E-state index in [4.69, 9.17) is 0 Å². The van der Waals surface area contributed by atoms with Crippen molar-refractivity contribution in [1.82, 2.24) is 4.90 Å². The van der Waals surface area contributed by atoms with Gasteiger partial charge in [-0.25, -0.2) is 4.39 Å². The fourth-order valence-corrected chi connectivity index (χ4v) is 2.33. The third-order valence-corrected chi connectivity index (χ3v) is 3.38. The second kappa shape index (κ2) is 6.45. The number of benzene rings is 1. The van der Waals surface area contributed by atoms with Crippen LogP contribution in [0.3, 0.4) is 0 Å². The molecular formula is C15H18FNO2. The van der Waals surface area contributed by atoms with Gasteiger partial charge in [0.1, 0.15) is 5.82 Å². The molecule has 1 aromatic carbocycles. The Morgan fingerprint density at radius 2 is 2.00 bits per heavy atom. The third-order valence-electron chi connectivity index (χ3n) is 3.38. The maximum Gasteiger partial charge on any atom is 0.222 e. The first-order chi connectivity index (χ1) is 9.16. The molecule has 0 atom stereocenters. The Morgan fingerprint density at radius 1 is 1.21 bits per heavy atom. The van der Waals surface area contributed by atoms with Crippen molar-refractivity contribution in [2.45, 2.75) is 32.1 Å². The molecule has 0 radical (unpaired) electrons. The zero-order valence-corrected chi connectivity index (χ0v) is 10.9. The van der Waals surface area contributed by atoms with Crippen LogP contribution in [0.25, 0.3) is 0 Å². The molecule has 1 heterocycles. The number of carbonyl (C=O) groups is 2. The van der Waals surface area contributed by atoms with Gasteiger partial charge in [-0.1, -0.05) is 24.6 Å². The molecule has 3 nitrogen and oxygen atoms in total. The highest BCUT2D eigenvalue weighted by Gasteiger charge is 2.19. The van der Waals surface area contributed by atoms with E-state index in [0.717, 1.165) is 19.3 Å². The molecule has 0 saturated carbocycles. The van der Waals surface area contributed by atoms with Crippen LogP contribution in [0.2, 0.25) is 0 Å². The minimum absolute atomic E-state index is 0.0411. The van der Waals surface area contributed by atoms with Gasteiger partial charge in [-0.05, 0) is 24.5 Å². The summed E-state index contributed by atoms with van der Waals surface area (Å²) in [6, 6.07) is 6.27. The molecule has 102 valence electrons. The average Bonchev–Trinajstić information content (AvgIpc) is 2.58. The second-order valence-electron chi connectivity index (χ2n) is 4.93. The van der Waals surface area contributed by atoms with Crippen molar-refractivity contribution in [3.63, 3.8) is 0 Å². The van der Waals surface area contributed by atoms with Gasteiger partial charge in [0.25, 0.3) is 0 Å². The van der Waals surface area contributed by atoms with Gasteiger partial charge in [0, 0.05) is 19.4 Å². The van der Waals surface area contributed by atoms with Crippen molar-refractivity contribution in [1.29, 1.82) is 0 Å². The van der Waals surface area contributed by atoms with Gasteiger partial charge in [-0.15, -0.1) is 0 Å². The number of carbonyl (C=O) groups excluding carboxylic acids is 2. The van der Waals surface area contributed by atoms with Crippen LogP contribution in [-0.4, -0.2) is 29.7 Å². The number of nitrogens with zero attached hydrogens (tertiary/aromatic N) is 1. The number of hydrogen-bond donors (Lipinski definition) is 0. The number of ketones is 1. The zero-order chi connectivity index (χ0) is 13.7. The molecule has 4 heteroatoms. The van der Waals surface area contributed by atoms with Crippen LogP contribution in [0.5, 0.6) is 0 Å². The van der Waals surface area contributed by atoms with Crippen molar-refractivity contribution >= 4 is 11.7 Å². The predicted molar refractivity (Wildman–Crippen MR) is 70.2 cm³/mol. The highest BCUT2D eigenvalue weighted by atomic mass is 19.1. The Kier molecular flexibility index (Phi) is 4.66. The van der Waals surface area contributed by atoms with E-state index in [1.165, 1.54) is 6.07 Å². The zero-order valence-electron chi connectivity index (χ0n) is 10.9. The third kappa shape index (κ3) is 3.88. The summed E-state index contributed by atoms with van der Waals surface area (Å²) < 4.78 is 13.4. The highest BCUT2D eigenvalue weighted by molar-refractivity contribution is 5.87. The number of halogens is 1. The molecule has 1 aromatic rings. The van der Waals surface area contributed by atoms with Crippen molar-refractivity contribution in [2.75, 3.05) is 13.1 Å². The summed E-state index contributed by atoms with van der Waals surface area (Å²) in [5.74, 6) is -0.433. The summed E-state index contributed by atoms with van der Waals surface area (Å²) in [6.45, 7) is 0.745. The molecule has 1 amide bonds. The fourth-order valence-electron chi connectivity index (χ4n) is 2.33.